The van der Waals surface area contributed by atoms with Gasteiger partial charge >= 0.3 is 6.09 Å². The first-order valence-corrected chi connectivity index (χ1v) is 7.69. The van der Waals surface area contributed by atoms with Gasteiger partial charge in [0.25, 0.3) is 0 Å². The van der Waals surface area contributed by atoms with E-state index in [1.165, 1.54) is 4.90 Å². The van der Waals surface area contributed by atoms with E-state index in [4.69, 9.17) is 4.74 Å². The molecule has 0 saturated heterocycles. The molecule has 1 atom stereocenters. The zero-order valence-corrected chi connectivity index (χ0v) is 14.0. The van der Waals surface area contributed by atoms with Gasteiger partial charge in [0.05, 0.1) is 5.69 Å². The molecule has 0 aromatic carbocycles. The van der Waals surface area contributed by atoms with E-state index in [0.29, 0.717) is 5.69 Å². The Labute approximate surface area is 131 Å². The molecular weight excluding hydrogens is 282 g/mol. The van der Waals surface area contributed by atoms with Gasteiger partial charge in [0.2, 0.25) is 0 Å². The minimum Gasteiger partial charge on any atom is -0.444 e. The summed E-state index contributed by atoms with van der Waals surface area (Å²) in [7, 11) is 1.58. The minimum atomic E-state index is -1.14. The van der Waals surface area contributed by atoms with Gasteiger partial charge in [-0.25, -0.2) is 4.79 Å². The molecule has 1 aromatic heterocycles. The Bertz CT molecular complexity index is 574. The van der Waals surface area contributed by atoms with Gasteiger partial charge in [-0.1, -0.05) is 0 Å². The van der Waals surface area contributed by atoms with Gasteiger partial charge in [-0.15, -0.1) is 0 Å². The fourth-order valence-corrected chi connectivity index (χ4v) is 2.71. The van der Waals surface area contributed by atoms with E-state index in [2.05, 4.69) is 10.2 Å². The monoisotopic (exact) mass is 307 g/mol. The second kappa shape index (κ2) is 5.74. The van der Waals surface area contributed by atoms with E-state index in [9.17, 15) is 9.59 Å². The van der Waals surface area contributed by atoms with Gasteiger partial charge in [-0.05, 0) is 58.9 Å². The Hall–Kier alpha value is -1.85. The molecule has 0 fully saturated rings. The molecule has 0 spiro atoms. The lowest BCUT2D eigenvalue weighted by Gasteiger charge is -2.35. The van der Waals surface area contributed by atoms with Gasteiger partial charge in [-0.3, -0.25) is 10.00 Å². The molecular formula is C16H25N3O3. The standard InChI is InChI=1S/C16H25N3O3/c1-15(2,3)22-14(21)19(5)16(4,10-20)13-11-8-6-7-9-12(11)17-18-13/h10H,6-9H2,1-5H3,(H,17,18). The van der Waals surface area contributed by atoms with Crippen molar-refractivity contribution in [2.45, 2.75) is 64.5 Å². The summed E-state index contributed by atoms with van der Waals surface area (Å²) in [5.74, 6) is 0. The van der Waals surface area contributed by atoms with E-state index in [-0.39, 0.29) is 0 Å². The maximum atomic E-state index is 12.3. The summed E-state index contributed by atoms with van der Waals surface area (Å²) in [5.41, 5.74) is 1.03. The molecule has 0 aliphatic heterocycles. The van der Waals surface area contributed by atoms with Crippen LogP contribution in [0.1, 0.15) is 57.5 Å². The first-order valence-electron chi connectivity index (χ1n) is 7.69. The Morgan fingerprint density at radius 2 is 1.91 bits per heavy atom. The molecule has 1 N–H and O–H groups in total. The quantitative estimate of drug-likeness (QED) is 0.871. The summed E-state index contributed by atoms with van der Waals surface area (Å²) >= 11 is 0. The largest absolute Gasteiger partial charge is 0.444 e. The van der Waals surface area contributed by atoms with Gasteiger partial charge < -0.3 is 9.53 Å². The summed E-state index contributed by atoms with van der Waals surface area (Å²) < 4.78 is 5.38. The molecule has 22 heavy (non-hydrogen) atoms. The van der Waals surface area contributed by atoms with Crippen LogP contribution >= 0.6 is 0 Å². The zero-order valence-electron chi connectivity index (χ0n) is 14.0. The van der Waals surface area contributed by atoms with E-state index < -0.39 is 17.2 Å². The predicted molar refractivity (Wildman–Crippen MR) is 82.6 cm³/mol. The van der Waals surface area contributed by atoms with Crippen LogP contribution in [0.5, 0.6) is 0 Å². The Morgan fingerprint density at radius 3 is 2.50 bits per heavy atom. The first-order chi connectivity index (χ1) is 10.2. The van der Waals surface area contributed by atoms with Crippen LogP contribution in [0.15, 0.2) is 0 Å². The lowest BCUT2D eigenvalue weighted by molar-refractivity contribution is -0.117. The van der Waals surface area contributed by atoms with Crippen molar-refractivity contribution in [2.24, 2.45) is 0 Å². The number of rotatable bonds is 3. The van der Waals surface area contributed by atoms with E-state index in [0.717, 1.165) is 43.2 Å². The summed E-state index contributed by atoms with van der Waals surface area (Å²) in [6.45, 7) is 7.10. The lowest BCUT2D eigenvalue weighted by atomic mass is 9.88. The smallest absolute Gasteiger partial charge is 0.411 e. The maximum Gasteiger partial charge on any atom is 0.411 e. The first kappa shape index (κ1) is 16.5. The summed E-state index contributed by atoms with van der Waals surface area (Å²) in [6, 6.07) is 0. The second-order valence-corrected chi connectivity index (χ2v) is 7.04. The van der Waals surface area contributed by atoms with Gasteiger partial charge in [0, 0.05) is 12.7 Å². The Morgan fingerprint density at radius 1 is 1.27 bits per heavy atom. The topological polar surface area (TPSA) is 75.3 Å². The molecule has 0 saturated carbocycles. The third kappa shape index (κ3) is 3.00. The number of ether oxygens (including phenoxy) is 1. The number of aromatic nitrogens is 2. The van der Waals surface area contributed by atoms with Crippen LogP contribution in [0, 0.1) is 0 Å². The third-order valence-electron chi connectivity index (χ3n) is 4.13. The normalized spacial score (nSPS) is 17.3. The molecule has 2 rings (SSSR count). The fourth-order valence-electron chi connectivity index (χ4n) is 2.71. The number of H-pyrrole nitrogens is 1. The molecule has 1 aliphatic rings. The molecule has 0 radical (unpaired) electrons. The average Bonchev–Trinajstić information content (AvgIpc) is 2.88. The van der Waals surface area contributed by atoms with Crippen LogP contribution in [-0.4, -0.2) is 40.1 Å². The molecule has 1 heterocycles. The highest BCUT2D eigenvalue weighted by atomic mass is 16.6. The summed E-state index contributed by atoms with van der Waals surface area (Å²) in [6.07, 6.45) is 4.25. The highest BCUT2D eigenvalue weighted by Crippen LogP contribution is 2.32. The van der Waals surface area contributed by atoms with E-state index in [1.54, 1.807) is 34.7 Å². The summed E-state index contributed by atoms with van der Waals surface area (Å²) in [5, 5.41) is 7.36. The van der Waals surface area contributed by atoms with Crippen LogP contribution < -0.4 is 0 Å². The van der Waals surface area contributed by atoms with E-state index >= 15 is 0 Å². The van der Waals surface area contributed by atoms with Gasteiger partial charge in [0.15, 0.2) is 6.29 Å². The number of aryl methyl sites for hydroxylation is 1. The number of carbonyl (C=O) groups is 2. The minimum absolute atomic E-state index is 0.533. The van der Waals surface area contributed by atoms with Crippen LogP contribution in [0.25, 0.3) is 0 Å². The van der Waals surface area contributed by atoms with Crippen LogP contribution in [-0.2, 0) is 27.9 Å². The number of carbonyl (C=O) groups excluding carboxylic acids is 2. The molecule has 6 heteroatoms. The van der Waals surface area contributed by atoms with Crippen LogP contribution in [0.4, 0.5) is 4.79 Å². The maximum absolute atomic E-state index is 12.3. The second-order valence-electron chi connectivity index (χ2n) is 7.04. The number of amides is 1. The number of aromatic amines is 1. The van der Waals surface area contributed by atoms with Crippen molar-refractivity contribution in [3.63, 3.8) is 0 Å². The molecule has 1 aromatic rings. The van der Waals surface area contributed by atoms with Crippen molar-refractivity contribution in [1.82, 2.24) is 15.1 Å². The van der Waals surface area contributed by atoms with Crippen molar-refractivity contribution in [1.29, 1.82) is 0 Å². The fraction of sp³-hybridized carbons (Fsp3) is 0.688. The highest BCUT2D eigenvalue weighted by molar-refractivity contribution is 5.78. The van der Waals surface area contributed by atoms with Crippen molar-refractivity contribution >= 4 is 12.4 Å². The predicted octanol–water partition coefficient (Wildman–Crippen LogP) is 2.57. The molecule has 6 nitrogen and oxygen atoms in total. The van der Waals surface area contributed by atoms with Crippen molar-refractivity contribution in [3.8, 4) is 0 Å². The molecule has 0 bridgehead atoms. The summed E-state index contributed by atoms with van der Waals surface area (Å²) in [4.78, 5) is 25.5. The van der Waals surface area contributed by atoms with E-state index in [1.807, 2.05) is 0 Å². The number of hydrogen-bond acceptors (Lipinski definition) is 4. The SMILES string of the molecule is CN(C(=O)OC(C)(C)C)C(C)(C=O)c1n[nH]c2c1CCCC2. The van der Waals surface area contributed by atoms with Gasteiger partial charge in [0.1, 0.15) is 11.1 Å². The average molecular weight is 307 g/mol. The van der Waals surface area contributed by atoms with Crippen molar-refractivity contribution in [3.05, 3.63) is 17.0 Å². The van der Waals surface area contributed by atoms with Crippen LogP contribution in [0.3, 0.4) is 0 Å². The number of aldehydes is 1. The number of likely N-dealkylation sites (N-methyl/N-ethyl adjacent to an activating group) is 1. The number of nitrogens with one attached hydrogen (secondary N) is 1. The zero-order chi connectivity index (χ0) is 16.5. The Kier molecular flexibility index (Phi) is 4.31. The van der Waals surface area contributed by atoms with Gasteiger partial charge in [-0.2, -0.15) is 5.10 Å². The highest BCUT2D eigenvalue weighted by Gasteiger charge is 2.41. The number of hydrogen-bond donors (Lipinski definition) is 1. The molecule has 1 amide bonds. The number of nitrogens with zero attached hydrogens (tertiary/aromatic N) is 2. The molecule has 1 unspecified atom stereocenters. The number of fused-ring (bicyclic) bond motifs is 1. The van der Waals surface area contributed by atoms with Crippen LogP contribution in [0.2, 0.25) is 0 Å². The third-order valence-corrected chi connectivity index (χ3v) is 4.13. The Balaban J connectivity index is 2.34. The van der Waals surface area contributed by atoms with Crippen molar-refractivity contribution in [2.75, 3.05) is 7.05 Å². The molecule has 122 valence electrons. The van der Waals surface area contributed by atoms with Crippen molar-refractivity contribution < 1.29 is 14.3 Å². The molecule has 1 aliphatic carbocycles. The lowest BCUT2D eigenvalue weighted by Crippen LogP contribution is -2.49.